The molecule has 0 aliphatic heterocycles. The summed E-state index contributed by atoms with van der Waals surface area (Å²) in [6, 6.07) is 0.433. The highest BCUT2D eigenvalue weighted by Gasteiger charge is 2.27. The molecule has 2 nitrogen and oxygen atoms in total. The summed E-state index contributed by atoms with van der Waals surface area (Å²) >= 11 is 0. The zero-order valence-corrected chi connectivity index (χ0v) is 10.2. The smallest absolute Gasteiger partial charge is 0.372 e. The van der Waals surface area contributed by atoms with Crippen molar-refractivity contribution < 1.29 is 17.9 Å². The Kier molecular flexibility index (Phi) is 7.76. The number of nitrogens with one attached hydrogen (secondary N) is 1. The molecule has 0 aliphatic carbocycles. The highest BCUT2D eigenvalue weighted by atomic mass is 19.4. The minimum Gasteiger partial charge on any atom is -0.372 e. The zero-order valence-electron chi connectivity index (χ0n) is 10.2. The summed E-state index contributed by atoms with van der Waals surface area (Å²) in [6.07, 6.45) is -1.61. The number of ether oxygens (including phenoxy) is 1. The Morgan fingerprint density at radius 1 is 1.31 bits per heavy atom. The van der Waals surface area contributed by atoms with Crippen LogP contribution < -0.4 is 5.32 Å². The monoisotopic (exact) mass is 241 g/mol. The van der Waals surface area contributed by atoms with E-state index in [4.69, 9.17) is 0 Å². The maximum Gasteiger partial charge on any atom is 0.411 e. The molecule has 0 aromatic rings. The summed E-state index contributed by atoms with van der Waals surface area (Å²) in [4.78, 5) is 0. The van der Waals surface area contributed by atoms with Crippen molar-refractivity contribution in [3.8, 4) is 0 Å². The largest absolute Gasteiger partial charge is 0.411 e. The van der Waals surface area contributed by atoms with Crippen LogP contribution in [-0.2, 0) is 4.74 Å². The molecule has 0 saturated carbocycles. The molecule has 0 bridgehead atoms. The third kappa shape index (κ3) is 7.93. The fourth-order valence-corrected chi connectivity index (χ4v) is 1.79. The quantitative estimate of drug-likeness (QED) is 0.660. The lowest BCUT2D eigenvalue weighted by atomic mass is 9.95. The van der Waals surface area contributed by atoms with Gasteiger partial charge >= 0.3 is 6.18 Å². The van der Waals surface area contributed by atoms with Crippen molar-refractivity contribution in [1.82, 2.24) is 5.32 Å². The van der Waals surface area contributed by atoms with Gasteiger partial charge in [0.15, 0.2) is 0 Å². The number of halogens is 3. The van der Waals surface area contributed by atoms with Crippen LogP contribution in [0.1, 0.15) is 33.1 Å². The van der Waals surface area contributed by atoms with Gasteiger partial charge in [0.25, 0.3) is 0 Å². The van der Waals surface area contributed by atoms with Crippen molar-refractivity contribution in [2.45, 2.75) is 45.3 Å². The van der Waals surface area contributed by atoms with E-state index in [1.165, 1.54) is 0 Å². The van der Waals surface area contributed by atoms with Crippen molar-refractivity contribution in [2.75, 3.05) is 20.3 Å². The molecule has 5 heteroatoms. The van der Waals surface area contributed by atoms with Gasteiger partial charge in [0.2, 0.25) is 0 Å². The number of hydrogen-bond donors (Lipinski definition) is 1. The first-order valence-electron chi connectivity index (χ1n) is 5.72. The number of alkyl halides is 3. The third-order valence-corrected chi connectivity index (χ3v) is 2.71. The molecule has 0 saturated heterocycles. The van der Waals surface area contributed by atoms with Gasteiger partial charge in [-0.25, -0.2) is 0 Å². The van der Waals surface area contributed by atoms with Gasteiger partial charge in [-0.1, -0.05) is 13.8 Å². The van der Waals surface area contributed by atoms with Crippen LogP contribution in [0.5, 0.6) is 0 Å². The topological polar surface area (TPSA) is 21.3 Å². The summed E-state index contributed by atoms with van der Waals surface area (Å²) in [5, 5.41) is 3.20. The van der Waals surface area contributed by atoms with Crippen LogP contribution in [0.3, 0.4) is 0 Å². The Bertz CT molecular complexity index is 169. The molecule has 1 N–H and O–H groups in total. The highest BCUT2D eigenvalue weighted by molar-refractivity contribution is 4.69. The third-order valence-electron chi connectivity index (χ3n) is 2.71. The molecule has 2 unspecified atom stereocenters. The van der Waals surface area contributed by atoms with Crippen LogP contribution >= 0.6 is 0 Å². The molecule has 0 rings (SSSR count). The van der Waals surface area contributed by atoms with Crippen molar-refractivity contribution in [3.05, 3.63) is 0 Å². The predicted octanol–water partition coefficient (Wildman–Crippen LogP) is 2.98. The fourth-order valence-electron chi connectivity index (χ4n) is 1.79. The number of hydrogen-bond acceptors (Lipinski definition) is 2. The second kappa shape index (κ2) is 7.90. The van der Waals surface area contributed by atoms with Crippen LogP contribution in [0.2, 0.25) is 0 Å². The van der Waals surface area contributed by atoms with E-state index >= 15 is 0 Å². The molecule has 0 aromatic heterocycles. The van der Waals surface area contributed by atoms with Gasteiger partial charge in [0.1, 0.15) is 6.61 Å². The van der Waals surface area contributed by atoms with Gasteiger partial charge in [-0.15, -0.1) is 0 Å². The van der Waals surface area contributed by atoms with Crippen LogP contribution in [0.25, 0.3) is 0 Å². The molecular weight excluding hydrogens is 219 g/mol. The molecule has 0 aliphatic rings. The van der Waals surface area contributed by atoms with Gasteiger partial charge in [-0.2, -0.15) is 13.2 Å². The summed E-state index contributed by atoms with van der Waals surface area (Å²) < 4.78 is 39.8. The van der Waals surface area contributed by atoms with Crippen molar-refractivity contribution >= 4 is 0 Å². The molecule has 0 aromatic carbocycles. The Labute approximate surface area is 95.5 Å². The van der Waals surface area contributed by atoms with Crippen molar-refractivity contribution in [3.63, 3.8) is 0 Å². The predicted molar refractivity (Wildman–Crippen MR) is 58.4 cm³/mol. The van der Waals surface area contributed by atoms with E-state index < -0.39 is 12.8 Å². The number of rotatable bonds is 8. The Morgan fingerprint density at radius 3 is 2.38 bits per heavy atom. The maximum absolute atomic E-state index is 11.7. The minimum absolute atomic E-state index is 0.185. The van der Waals surface area contributed by atoms with E-state index in [1.54, 1.807) is 0 Å². The summed E-state index contributed by atoms with van der Waals surface area (Å²) in [6.45, 7) is 3.25. The Balaban J connectivity index is 3.51. The van der Waals surface area contributed by atoms with Crippen LogP contribution in [-0.4, -0.2) is 32.5 Å². The Hall–Kier alpha value is -0.290. The van der Waals surface area contributed by atoms with Gasteiger partial charge in [0, 0.05) is 12.6 Å². The molecule has 0 fully saturated rings. The summed E-state index contributed by atoms with van der Waals surface area (Å²) in [7, 11) is 1.91. The normalized spacial score (nSPS) is 16.1. The lowest BCUT2D eigenvalue weighted by Crippen LogP contribution is -2.31. The summed E-state index contributed by atoms with van der Waals surface area (Å²) in [5.41, 5.74) is 0. The van der Waals surface area contributed by atoms with E-state index in [0.29, 0.717) is 18.4 Å². The first kappa shape index (κ1) is 15.7. The van der Waals surface area contributed by atoms with E-state index in [9.17, 15) is 13.2 Å². The van der Waals surface area contributed by atoms with Crippen LogP contribution in [0.4, 0.5) is 13.2 Å². The first-order valence-corrected chi connectivity index (χ1v) is 5.72. The van der Waals surface area contributed by atoms with Crippen LogP contribution in [0.15, 0.2) is 0 Å². The lowest BCUT2D eigenvalue weighted by Gasteiger charge is -2.22. The molecule has 0 spiro atoms. The second-order valence-corrected chi connectivity index (χ2v) is 4.09. The van der Waals surface area contributed by atoms with E-state index in [1.807, 2.05) is 7.05 Å². The molecule has 0 amide bonds. The van der Waals surface area contributed by atoms with Crippen molar-refractivity contribution in [1.29, 1.82) is 0 Å². The SMILES string of the molecule is CCC(NC)C(C)CCCOCC(F)(F)F. The van der Waals surface area contributed by atoms with Gasteiger partial charge in [-0.05, 0) is 32.2 Å². The highest BCUT2D eigenvalue weighted by Crippen LogP contribution is 2.16. The van der Waals surface area contributed by atoms with Crippen LogP contribution in [0, 0.1) is 5.92 Å². The molecular formula is C11H22F3NO. The fraction of sp³-hybridized carbons (Fsp3) is 1.00. The molecule has 0 radical (unpaired) electrons. The first-order chi connectivity index (χ1) is 7.40. The van der Waals surface area contributed by atoms with Gasteiger partial charge in [-0.3, -0.25) is 0 Å². The molecule has 16 heavy (non-hydrogen) atoms. The average molecular weight is 241 g/mol. The lowest BCUT2D eigenvalue weighted by molar-refractivity contribution is -0.174. The minimum atomic E-state index is -4.21. The van der Waals surface area contributed by atoms with E-state index in [0.717, 1.165) is 12.8 Å². The van der Waals surface area contributed by atoms with Gasteiger partial charge < -0.3 is 10.1 Å². The van der Waals surface area contributed by atoms with E-state index in [-0.39, 0.29) is 6.61 Å². The van der Waals surface area contributed by atoms with Crippen molar-refractivity contribution in [2.24, 2.45) is 5.92 Å². The molecule has 98 valence electrons. The summed E-state index contributed by atoms with van der Waals surface area (Å²) in [5.74, 6) is 0.462. The molecule has 2 atom stereocenters. The zero-order chi connectivity index (χ0) is 12.6. The molecule has 0 heterocycles. The van der Waals surface area contributed by atoms with E-state index in [2.05, 4.69) is 23.9 Å². The standard InChI is InChI=1S/C11H22F3NO/c1-4-10(15-3)9(2)6-5-7-16-8-11(12,13)14/h9-10,15H,4-8H2,1-3H3. The Morgan fingerprint density at radius 2 is 1.94 bits per heavy atom. The van der Waals surface area contributed by atoms with Gasteiger partial charge in [0.05, 0.1) is 0 Å². The maximum atomic E-state index is 11.7. The average Bonchev–Trinajstić information content (AvgIpc) is 2.17. The second-order valence-electron chi connectivity index (χ2n) is 4.09.